The normalized spacial score (nSPS) is 13.0. The zero-order valence-corrected chi connectivity index (χ0v) is 13.4. The Hall–Kier alpha value is -1.43. The summed E-state index contributed by atoms with van der Waals surface area (Å²) in [6.07, 6.45) is -0.138. The molecule has 0 aromatic heterocycles. The van der Waals surface area contributed by atoms with E-state index in [1.165, 1.54) is 6.92 Å². The quantitative estimate of drug-likeness (QED) is 0.622. The zero-order valence-electron chi connectivity index (χ0n) is 13.4. The minimum absolute atomic E-state index is 0.00568. The number of hydrogen-bond donors (Lipinski definition) is 2. The van der Waals surface area contributed by atoms with Crippen LogP contribution in [0.2, 0.25) is 0 Å². The van der Waals surface area contributed by atoms with Gasteiger partial charge in [-0.3, -0.25) is 4.79 Å². The highest BCUT2D eigenvalue weighted by atomic mass is 16.5. The maximum Gasteiger partial charge on any atom is 0.308 e. The van der Waals surface area contributed by atoms with Crippen LogP contribution in [-0.2, 0) is 16.1 Å². The van der Waals surface area contributed by atoms with E-state index in [1.807, 2.05) is 6.07 Å². The van der Waals surface area contributed by atoms with E-state index in [4.69, 9.17) is 9.47 Å². The molecule has 1 aromatic carbocycles. The lowest BCUT2D eigenvalue weighted by molar-refractivity contribution is -0.131. The molecule has 1 atom stereocenters. The van der Waals surface area contributed by atoms with Gasteiger partial charge in [0.2, 0.25) is 0 Å². The third-order valence-electron chi connectivity index (χ3n) is 2.98. The van der Waals surface area contributed by atoms with E-state index in [0.29, 0.717) is 17.9 Å². The van der Waals surface area contributed by atoms with Gasteiger partial charge in [-0.05, 0) is 38.5 Å². The first-order valence-electron chi connectivity index (χ1n) is 6.96. The van der Waals surface area contributed by atoms with E-state index in [0.717, 1.165) is 5.56 Å². The summed E-state index contributed by atoms with van der Waals surface area (Å²) in [6.45, 7) is 8.05. The molecule has 0 aliphatic heterocycles. The summed E-state index contributed by atoms with van der Waals surface area (Å²) < 4.78 is 10.6. The summed E-state index contributed by atoms with van der Waals surface area (Å²) in [6, 6.07) is 5.33. The first-order valence-corrected chi connectivity index (χ1v) is 6.96. The Kier molecular flexibility index (Phi) is 6.33. The topological polar surface area (TPSA) is 67.8 Å². The average molecular weight is 295 g/mol. The Morgan fingerprint density at radius 2 is 2.05 bits per heavy atom. The monoisotopic (exact) mass is 295 g/mol. The van der Waals surface area contributed by atoms with Crippen molar-refractivity contribution in [3.63, 3.8) is 0 Å². The van der Waals surface area contributed by atoms with E-state index < -0.39 is 5.97 Å². The van der Waals surface area contributed by atoms with Crippen LogP contribution in [0.4, 0.5) is 0 Å². The van der Waals surface area contributed by atoms with Crippen molar-refractivity contribution in [2.75, 3.05) is 13.7 Å². The van der Waals surface area contributed by atoms with Crippen molar-refractivity contribution in [2.45, 2.75) is 45.9 Å². The highest BCUT2D eigenvalue weighted by molar-refractivity contribution is 5.69. The van der Waals surface area contributed by atoms with E-state index in [2.05, 4.69) is 26.1 Å². The Balaban J connectivity index is 2.92. The van der Waals surface area contributed by atoms with Gasteiger partial charge in [0.15, 0.2) is 0 Å². The first-order chi connectivity index (χ1) is 9.76. The van der Waals surface area contributed by atoms with Crippen LogP contribution in [0.3, 0.4) is 0 Å². The molecule has 0 bridgehead atoms. The number of esters is 1. The van der Waals surface area contributed by atoms with Crippen LogP contribution in [0.1, 0.15) is 44.9 Å². The fourth-order valence-corrected chi connectivity index (χ4v) is 1.91. The predicted molar refractivity (Wildman–Crippen MR) is 81.2 cm³/mol. The van der Waals surface area contributed by atoms with Crippen molar-refractivity contribution >= 4 is 5.97 Å². The molecule has 0 fully saturated rings. The summed E-state index contributed by atoms with van der Waals surface area (Å²) in [5, 5.41) is 12.8. The van der Waals surface area contributed by atoms with E-state index >= 15 is 0 Å². The SMILES string of the molecule is COC(CNC(C)(C)C)c1ccc(OC(C)=O)c(CO)c1. The van der Waals surface area contributed by atoms with Crippen LogP contribution in [0.5, 0.6) is 5.75 Å². The third-order valence-corrected chi connectivity index (χ3v) is 2.98. The number of aliphatic hydroxyl groups is 1. The minimum atomic E-state index is -0.407. The first kappa shape index (κ1) is 17.6. The second kappa shape index (κ2) is 7.54. The molecular formula is C16H25NO4. The van der Waals surface area contributed by atoms with Crippen molar-refractivity contribution in [3.8, 4) is 5.75 Å². The maximum atomic E-state index is 11.0. The van der Waals surface area contributed by atoms with Gasteiger partial charge in [0, 0.05) is 31.7 Å². The van der Waals surface area contributed by atoms with Crippen LogP contribution in [0.25, 0.3) is 0 Å². The van der Waals surface area contributed by atoms with Gasteiger partial charge in [-0.15, -0.1) is 0 Å². The number of aliphatic hydroxyl groups excluding tert-OH is 1. The molecule has 5 heteroatoms. The molecule has 0 aliphatic rings. The van der Waals surface area contributed by atoms with Gasteiger partial charge >= 0.3 is 5.97 Å². The van der Waals surface area contributed by atoms with Crippen molar-refractivity contribution in [1.82, 2.24) is 5.32 Å². The van der Waals surface area contributed by atoms with E-state index in [1.54, 1.807) is 19.2 Å². The molecule has 0 spiro atoms. The lowest BCUT2D eigenvalue weighted by atomic mass is 10.0. The van der Waals surface area contributed by atoms with E-state index in [-0.39, 0.29) is 18.2 Å². The smallest absolute Gasteiger partial charge is 0.308 e. The van der Waals surface area contributed by atoms with Crippen LogP contribution in [0, 0.1) is 0 Å². The van der Waals surface area contributed by atoms with Gasteiger partial charge in [0.1, 0.15) is 5.75 Å². The van der Waals surface area contributed by atoms with E-state index in [9.17, 15) is 9.90 Å². The van der Waals surface area contributed by atoms with Gasteiger partial charge < -0.3 is 19.9 Å². The molecule has 21 heavy (non-hydrogen) atoms. The Labute approximate surface area is 126 Å². The van der Waals surface area contributed by atoms with Crippen LogP contribution in [-0.4, -0.2) is 30.3 Å². The molecule has 2 N–H and O–H groups in total. The van der Waals surface area contributed by atoms with Gasteiger partial charge in [0.05, 0.1) is 12.7 Å². The number of rotatable bonds is 6. The molecule has 0 saturated heterocycles. The number of carbonyl (C=O) groups is 1. The molecule has 0 heterocycles. The molecule has 0 amide bonds. The minimum Gasteiger partial charge on any atom is -0.426 e. The highest BCUT2D eigenvalue weighted by Crippen LogP contribution is 2.25. The average Bonchev–Trinajstić information content (AvgIpc) is 2.38. The number of ether oxygens (including phenoxy) is 2. The third kappa shape index (κ3) is 5.83. The largest absolute Gasteiger partial charge is 0.426 e. The summed E-state index contributed by atoms with van der Waals surface area (Å²) in [7, 11) is 1.65. The molecule has 1 aromatic rings. The molecule has 1 unspecified atom stereocenters. The van der Waals surface area contributed by atoms with Crippen molar-refractivity contribution < 1.29 is 19.4 Å². The van der Waals surface area contributed by atoms with Crippen molar-refractivity contribution in [1.29, 1.82) is 0 Å². The molecular weight excluding hydrogens is 270 g/mol. The van der Waals surface area contributed by atoms with Crippen LogP contribution in [0.15, 0.2) is 18.2 Å². The van der Waals surface area contributed by atoms with Crippen LogP contribution < -0.4 is 10.1 Å². The molecule has 118 valence electrons. The van der Waals surface area contributed by atoms with Crippen molar-refractivity contribution in [3.05, 3.63) is 29.3 Å². The molecule has 0 radical (unpaired) electrons. The maximum absolute atomic E-state index is 11.0. The number of methoxy groups -OCH3 is 1. The van der Waals surface area contributed by atoms with Gasteiger partial charge in [-0.1, -0.05) is 6.07 Å². The molecule has 0 aliphatic carbocycles. The standard InChI is InChI=1S/C16H25NO4/c1-11(19)21-14-7-6-12(8-13(14)10-18)15(20-5)9-17-16(2,3)4/h6-8,15,17-18H,9-10H2,1-5H3. The fraction of sp³-hybridized carbons (Fsp3) is 0.562. The summed E-state index contributed by atoms with van der Waals surface area (Å²) >= 11 is 0. The Morgan fingerprint density at radius 3 is 2.52 bits per heavy atom. The Bertz CT molecular complexity index is 480. The Morgan fingerprint density at radius 1 is 1.38 bits per heavy atom. The zero-order chi connectivity index (χ0) is 16.0. The summed E-state index contributed by atoms with van der Waals surface area (Å²) in [5.41, 5.74) is 1.49. The molecule has 1 rings (SSSR count). The number of benzene rings is 1. The summed E-state index contributed by atoms with van der Waals surface area (Å²) in [5.74, 6) is -0.0254. The predicted octanol–water partition coefficient (Wildman–Crippen LogP) is 2.18. The second-order valence-electron chi connectivity index (χ2n) is 5.97. The second-order valence-corrected chi connectivity index (χ2v) is 5.97. The highest BCUT2D eigenvalue weighted by Gasteiger charge is 2.17. The number of hydrogen-bond acceptors (Lipinski definition) is 5. The lowest BCUT2D eigenvalue weighted by Gasteiger charge is -2.25. The van der Waals surface area contributed by atoms with Gasteiger partial charge in [-0.25, -0.2) is 0 Å². The lowest BCUT2D eigenvalue weighted by Crippen LogP contribution is -2.38. The summed E-state index contributed by atoms with van der Waals surface area (Å²) in [4.78, 5) is 11.0. The molecule has 5 nitrogen and oxygen atoms in total. The fourth-order valence-electron chi connectivity index (χ4n) is 1.91. The number of carbonyl (C=O) groups excluding carboxylic acids is 1. The van der Waals surface area contributed by atoms with Gasteiger partial charge in [-0.2, -0.15) is 0 Å². The molecule has 0 saturated carbocycles. The van der Waals surface area contributed by atoms with Crippen LogP contribution >= 0.6 is 0 Å². The number of nitrogens with one attached hydrogen (secondary N) is 1. The van der Waals surface area contributed by atoms with Crippen molar-refractivity contribution in [2.24, 2.45) is 0 Å². The van der Waals surface area contributed by atoms with Gasteiger partial charge in [0.25, 0.3) is 0 Å².